The second kappa shape index (κ2) is 16.1. The van der Waals surface area contributed by atoms with Crippen molar-refractivity contribution in [2.45, 2.75) is 142 Å². The van der Waals surface area contributed by atoms with Crippen molar-refractivity contribution in [1.82, 2.24) is 10.6 Å². The number of hydrogen-bond donors (Lipinski definition) is 6. The number of aliphatic hydroxyl groups excluding tert-OH is 2. The first-order valence-corrected chi connectivity index (χ1v) is 19.1. The zero-order chi connectivity index (χ0) is 36.2. The summed E-state index contributed by atoms with van der Waals surface area (Å²) in [4.78, 5) is 39.5. The third kappa shape index (κ3) is 8.44. The van der Waals surface area contributed by atoms with Crippen LogP contribution in [0.1, 0.15) is 107 Å². The molecule has 3 aliphatic rings. The average molecular weight is 695 g/mol. The Morgan fingerprint density at radius 2 is 1.75 bits per heavy atom. The number of carbonyl (C=O) groups is 3. The number of ether oxygens (including phenoxy) is 1. The summed E-state index contributed by atoms with van der Waals surface area (Å²) in [7, 11) is 0. The summed E-state index contributed by atoms with van der Waals surface area (Å²) in [5.41, 5.74) is 10.2. The minimum Gasteiger partial charge on any atom is -0.461 e. The van der Waals surface area contributed by atoms with Gasteiger partial charge < -0.3 is 37.1 Å². The molecule has 0 heterocycles. The van der Waals surface area contributed by atoms with E-state index in [2.05, 4.69) is 38.0 Å². The highest BCUT2D eigenvalue weighted by Crippen LogP contribution is 2.69. The Morgan fingerprint density at radius 3 is 2.35 bits per heavy atom. The summed E-state index contributed by atoms with van der Waals surface area (Å²) in [6, 6.07) is -1.44. The molecule has 11 heteroatoms. The number of hydrogen-bond acceptors (Lipinski definition) is 9. The van der Waals surface area contributed by atoms with Crippen molar-refractivity contribution in [2.75, 3.05) is 18.8 Å². The summed E-state index contributed by atoms with van der Waals surface area (Å²) >= 11 is 1.40. The molecule has 10 nitrogen and oxygen atoms in total. The number of amides is 2. The molecular weight excluding hydrogens is 628 g/mol. The first-order chi connectivity index (χ1) is 22.3. The van der Waals surface area contributed by atoms with Gasteiger partial charge in [-0.15, -0.1) is 18.3 Å². The van der Waals surface area contributed by atoms with Crippen molar-refractivity contribution in [3.63, 3.8) is 0 Å². The van der Waals surface area contributed by atoms with E-state index >= 15 is 0 Å². The molecule has 3 saturated carbocycles. The largest absolute Gasteiger partial charge is 0.461 e. The number of carbonyl (C=O) groups excluding carboxylic acids is 3. The van der Waals surface area contributed by atoms with E-state index in [-0.39, 0.29) is 59.2 Å². The monoisotopic (exact) mass is 694 g/mol. The summed E-state index contributed by atoms with van der Waals surface area (Å²) in [6.45, 7) is 21.1. The maximum atomic E-state index is 13.7. The highest BCUT2D eigenvalue weighted by molar-refractivity contribution is 8.01. The van der Waals surface area contributed by atoms with E-state index in [9.17, 15) is 24.6 Å². The summed E-state index contributed by atoms with van der Waals surface area (Å²) in [5.74, 6) is -0.980. The van der Waals surface area contributed by atoms with Crippen LogP contribution in [0.2, 0.25) is 0 Å². The van der Waals surface area contributed by atoms with Gasteiger partial charge in [-0.2, -0.15) is 0 Å². The second-order valence-corrected chi connectivity index (χ2v) is 18.3. The van der Waals surface area contributed by atoms with Crippen LogP contribution in [0.25, 0.3) is 0 Å². The molecule has 0 aromatic rings. The van der Waals surface area contributed by atoms with Gasteiger partial charge in [0.25, 0.3) is 0 Å². The van der Waals surface area contributed by atoms with Crippen LogP contribution in [-0.2, 0) is 19.1 Å². The van der Waals surface area contributed by atoms with E-state index in [1.54, 1.807) is 0 Å². The minimum atomic E-state index is -0.739. The molecule has 11 atom stereocenters. The van der Waals surface area contributed by atoms with Crippen molar-refractivity contribution in [3.05, 3.63) is 12.7 Å². The van der Waals surface area contributed by atoms with Crippen LogP contribution >= 0.6 is 11.8 Å². The van der Waals surface area contributed by atoms with E-state index in [0.29, 0.717) is 25.8 Å². The van der Waals surface area contributed by atoms with Crippen LogP contribution in [0.15, 0.2) is 12.7 Å². The quantitative estimate of drug-likeness (QED) is 0.0843. The lowest BCUT2D eigenvalue weighted by molar-refractivity contribution is -0.217. The van der Waals surface area contributed by atoms with Crippen LogP contribution in [-0.4, -0.2) is 82.0 Å². The molecule has 0 unspecified atom stereocenters. The molecule has 0 spiro atoms. The van der Waals surface area contributed by atoms with Crippen LogP contribution < -0.4 is 22.1 Å². The maximum absolute atomic E-state index is 13.7. The van der Waals surface area contributed by atoms with Gasteiger partial charge in [0, 0.05) is 22.1 Å². The standard InChI is InChI=1S/C37H66N4O6S/c1-10-35(8)19-27(36(9)23(4)14-16-37(24(5)31(35)44)17-15-26(42)30(36)37)47-28(43)20-48-34(6,7)21-40-33(46)29(22(2)3)41-32(45)25(39)13-11-12-18-38/h10,22-27,29-31,42,44H,1,11-21,38-39H2,2-9H3,(H,40,46)(H,41,45)/t23-,24+,25+,26-,27-,29-,30+,31+,35-,36+,37+/m1/s1. The molecule has 0 saturated heterocycles. The first kappa shape index (κ1) is 40.8. The third-order valence-corrected chi connectivity index (χ3v) is 13.9. The first-order valence-electron chi connectivity index (χ1n) is 18.2. The van der Waals surface area contributed by atoms with Gasteiger partial charge in [0.2, 0.25) is 11.8 Å². The van der Waals surface area contributed by atoms with E-state index in [1.807, 2.05) is 40.7 Å². The van der Waals surface area contributed by atoms with Gasteiger partial charge in [0.05, 0.1) is 24.0 Å². The van der Waals surface area contributed by atoms with E-state index in [0.717, 1.165) is 32.1 Å². The maximum Gasteiger partial charge on any atom is 0.316 e. The highest BCUT2D eigenvalue weighted by Gasteiger charge is 2.68. The lowest BCUT2D eigenvalue weighted by atomic mass is 9.43. The average Bonchev–Trinajstić information content (AvgIpc) is 3.39. The molecule has 3 fully saturated rings. The summed E-state index contributed by atoms with van der Waals surface area (Å²) in [5, 5.41) is 29.0. The molecule has 2 amide bonds. The van der Waals surface area contributed by atoms with Crippen molar-refractivity contribution in [1.29, 1.82) is 0 Å². The Kier molecular flexibility index (Phi) is 13.7. The third-order valence-electron chi connectivity index (χ3n) is 12.6. The van der Waals surface area contributed by atoms with Gasteiger partial charge in [0.15, 0.2) is 0 Å². The fourth-order valence-electron chi connectivity index (χ4n) is 9.14. The Balaban J connectivity index is 1.69. The molecule has 276 valence electrons. The van der Waals surface area contributed by atoms with Gasteiger partial charge in [-0.05, 0) is 94.4 Å². The Hall–Kier alpha value is -1.66. The molecule has 48 heavy (non-hydrogen) atoms. The lowest BCUT2D eigenvalue weighted by Gasteiger charge is -2.63. The predicted molar refractivity (Wildman–Crippen MR) is 193 cm³/mol. The van der Waals surface area contributed by atoms with Gasteiger partial charge in [-0.1, -0.05) is 54.0 Å². The molecule has 0 aromatic carbocycles. The molecule has 0 radical (unpaired) electrons. The van der Waals surface area contributed by atoms with Crippen molar-refractivity contribution in [2.24, 2.45) is 51.4 Å². The second-order valence-electron chi connectivity index (χ2n) is 16.6. The number of nitrogens with one attached hydrogen (secondary N) is 2. The molecule has 3 aliphatic carbocycles. The molecule has 0 aromatic heterocycles. The minimum absolute atomic E-state index is 0.0284. The molecule has 0 aliphatic heterocycles. The summed E-state index contributed by atoms with van der Waals surface area (Å²) < 4.78 is 5.91. The number of thioether (sulfide) groups is 1. The van der Waals surface area contributed by atoms with E-state index in [4.69, 9.17) is 16.2 Å². The Labute approximate surface area is 293 Å². The zero-order valence-corrected chi connectivity index (χ0v) is 31.7. The zero-order valence-electron chi connectivity index (χ0n) is 30.8. The topological polar surface area (TPSA) is 177 Å². The molecule has 2 bridgehead atoms. The summed E-state index contributed by atoms with van der Waals surface area (Å²) in [6.07, 6.45) is 6.03. The SMILES string of the molecule is C=C[C@]1(C)C[C@@H](OC(=O)CSC(C)(C)CNC(=O)[C@H](NC(=O)[C@@H](N)CCCCN)C(C)C)[C@]2(C)[C@H](C)CC[C@]3(CC[C@@H](O)[C@H]32)[C@@H](C)[C@@H]1O. The van der Waals surface area contributed by atoms with Crippen LogP contribution in [0.4, 0.5) is 0 Å². The fraction of sp³-hybridized carbons (Fsp3) is 0.865. The van der Waals surface area contributed by atoms with Crippen LogP contribution in [0.3, 0.4) is 0 Å². The van der Waals surface area contributed by atoms with Gasteiger partial charge >= 0.3 is 5.97 Å². The highest BCUT2D eigenvalue weighted by atomic mass is 32.2. The van der Waals surface area contributed by atoms with Crippen LogP contribution in [0.5, 0.6) is 0 Å². The van der Waals surface area contributed by atoms with E-state index < -0.39 is 46.0 Å². The number of aliphatic hydroxyl groups is 2. The Bertz CT molecular complexity index is 1150. The van der Waals surface area contributed by atoms with E-state index in [1.165, 1.54) is 11.8 Å². The molecular formula is C37H66N4O6S. The van der Waals surface area contributed by atoms with Gasteiger partial charge in [0.1, 0.15) is 12.1 Å². The Morgan fingerprint density at radius 1 is 1.10 bits per heavy atom. The number of rotatable bonds is 15. The van der Waals surface area contributed by atoms with Gasteiger partial charge in [-0.25, -0.2) is 0 Å². The van der Waals surface area contributed by atoms with Gasteiger partial charge in [-0.3, -0.25) is 14.4 Å². The van der Waals surface area contributed by atoms with Crippen molar-refractivity contribution in [3.8, 4) is 0 Å². The predicted octanol–water partition coefficient (Wildman–Crippen LogP) is 3.91. The fourth-order valence-corrected chi connectivity index (χ4v) is 9.89. The number of nitrogens with two attached hydrogens (primary N) is 2. The van der Waals surface area contributed by atoms with Crippen molar-refractivity contribution >= 4 is 29.5 Å². The lowest BCUT2D eigenvalue weighted by Crippen LogP contribution is -2.63. The van der Waals surface area contributed by atoms with Crippen molar-refractivity contribution < 1.29 is 29.3 Å². The normalized spacial score (nSPS) is 36.3. The molecule has 8 N–H and O–H groups in total. The van der Waals surface area contributed by atoms with Crippen LogP contribution in [0, 0.1) is 39.9 Å². The number of esters is 1. The smallest absolute Gasteiger partial charge is 0.316 e. The molecule has 3 rings (SSSR count). The number of unbranched alkanes of at least 4 members (excludes halogenated alkanes) is 1.